The molecule has 2 atom stereocenters. The Labute approximate surface area is 105 Å². The number of nitrogens with zero attached hydrogens (tertiary/aromatic N) is 3. The lowest BCUT2D eigenvalue weighted by atomic mass is 9.92. The summed E-state index contributed by atoms with van der Waals surface area (Å²) in [7, 11) is 1.85. The minimum atomic E-state index is -1.09. The molecule has 0 saturated heterocycles. The molecular formula is C12H17N3O3. The molecular weight excluding hydrogens is 234 g/mol. The van der Waals surface area contributed by atoms with Gasteiger partial charge in [-0.15, -0.1) is 0 Å². The number of hydrogen-bond acceptors (Lipinski definition) is 5. The molecule has 1 saturated carbocycles. The molecule has 0 aromatic carbocycles. The predicted octanol–water partition coefficient (Wildman–Crippen LogP) is 0.914. The van der Waals surface area contributed by atoms with Crippen LogP contribution in [0.3, 0.4) is 0 Å². The minimum absolute atomic E-state index is 0.0312. The van der Waals surface area contributed by atoms with Gasteiger partial charge in [0.2, 0.25) is 0 Å². The molecule has 0 unspecified atom stereocenters. The average Bonchev–Trinajstić information content (AvgIpc) is 2.38. The fourth-order valence-corrected chi connectivity index (χ4v) is 2.33. The number of carboxylic acids is 1. The number of carboxylic acid groups (broad SMARTS) is 1. The quantitative estimate of drug-likeness (QED) is 0.830. The lowest BCUT2D eigenvalue weighted by Gasteiger charge is -2.35. The standard InChI is InChI=1S/C12H17N3O3/c1-15(9-4-2-3-5-10(9)16)11-7-13-8(6-14-11)12(17)18/h6-7,9-10,16H,2-5H2,1H3,(H,17,18)/t9-,10-/m1/s1. The topological polar surface area (TPSA) is 86.6 Å². The first-order valence-electron chi connectivity index (χ1n) is 6.06. The molecule has 0 radical (unpaired) electrons. The molecule has 1 heterocycles. The number of anilines is 1. The summed E-state index contributed by atoms with van der Waals surface area (Å²) in [5.41, 5.74) is -0.0728. The Morgan fingerprint density at radius 3 is 2.61 bits per heavy atom. The highest BCUT2D eigenvalue weighted by molar-refractivity contribution is 5.84. The van der Waals surface area contributed by atoms with Crippen LogP contribution in [0.5, 0.6) is 0 Å². The highest BCUT2D eigenvalue weighted by atomic mass is 16.4. The van der Waals surface area contributed by atoms with E-state index in [2.05, 4.69) is 9.97 Å². The fraction of sp³-hybridized carbons (Fsp3) is 0.583. The smallest absolute Gasteiger partial charge is 0.356 e. The Kier molecular flexibility index (Phi) is 3.76. The van der Waals surface area contributed by atoms with Crippen LogP contribution in [0.15, 0.2) is 12.4 Å². The van der Waals surface area contributed by atoms with E-state index >= 15 is 0 Å². The van der Waals surface area contributed by atoms with Crippen molar-refractivity contribution in [2.45, 2.75) is 37.8 Å². The Morgan fingerprint density at radius 2 is 2.06 bits per heavy atom. The van der Waals surface area contributed by atoms with Crippen molar-refractivity contribution in [3.8, 4) is 0 Å². The molecule has 1 aromatic heterocycles. The third-order valence-corrected chi connectivity index (χ3v) is 3.41. The Hall–Kier alpha value is -1.69. The van der Waals surface area contributed by atoms with E-state index in [1.807, 2.05) is 11.9 Å². The van der Waals surface area contributed by atoms with Gasteiger partial charge in [0.1, 0.15) is 5.82 Å². The molecule has 6 heteroatoms. The maximum Gasteiger partial charge on any atom is 0.356 e. The summed E-state index contributed by atoms with van der Waals surface area (Å²) in [4.78, 5) is 20.5. The third kappa shape index (κ3) is 2.59. The minimum Gasteiger partial charge on any atom is -0.476 e. The average molecular weight is 251 g/mol. The number of aliphatic hydroxyl groups is 1. The summed E-state index contributed by atoms with van der Waals surface area (Å²) < 4.78 is 0. The summed E-state index contributed by atoms with van der Waals surface area (Å²) in [6.45, 7) is 0. The van der Waals surface area contributed by atoms with Crippen molar-refractivity contribution in [1.82, 2.24) is 9.97 Å². The monoisotopic (exact) mass is 251 g/mol. The van der Waals surface area contributed by atoms with E-state index in [1.54, 1.807) is 0 Å². The number of aliphatic hydroxyl groups excluding tert-OH is 1. The Balaban J connectivity index is 2.12. The number of hydrogen-bond donors (Lipinski definition) is 2. The van der Waals surface area contributed by atoms with E-state index in [-0.39, 0.29) is 17.8 Å². The van der Waals surface area contributed by atoms with Crippen LogP contribution in [0.4, 0.5) is 5.82 Å². The summed E-state index contributed by atoms with van der Waals surface area (Å²) in [6, 6.07) is 0.0312. The molecule has 0 spiro atoms. The van der Waals surface area contributed by atoms with Crippen LogP contribution < -0.4 is 4.90 Å². The van der Waals surface area contributed by atoms with Gasteiger partial charge in [0.05, 0.1) is 24.5 Å². The van der Waals surface area contributed by atoms with E-state index in [4.69, 9.17) is 5.11 Å². The highest BCUT2D eigenvalue weighted by Crippen LogP contribution is 2.25. The van der Waals surface area contributed by atoms with Crippen LogP contribution in [-0.4, -0.2) is 45.3 Å². The van der Waals surface area contributed by atoms with Gasteiger partial charge >= 0.3 is 5.97 Å². The molecule has 6 nitrogen and oxygen atoms in total. The van der Waals surface area contributed by atoms with E-state index in [0.29, 0.717) is 5.82 Å². The van der Waals surface area contributed by atoms with Gasteiger partial charge in [0.25, 0.3) is 0 Å². The van der Waals surface area contributed by atoms with Crippen molar-refractivity contribution >= 4 is 11.8 Å². The van der Waals surface area contributed by atoms with Gasteiger partial charge in [0, 0.05) is 7.05 Å². The number of aromatic nitrogens is 2. The maximum atomic E-state index is 10.7. The van der Waals surface area contributed by atoms with E-state index in [9.17, 15) is 9.90 Å². The molecule has 0 amide bonds. The molecule has 1 aromatic rings. The zero-order valence-corrected chi connectivity index (χ0v) is 10.3. The van der Waals surface area contributed by atoms with Gasteiger partial charge in [-0.2, -0.15) is 0 Å². The van der Waals surface area contributed by atoms with Crippen molar-refractivity contribution in [3.05, 3.63) is 18.1 Å². The zero-order valence-electron chi connectivity index (χ0n) is 10.3. The predicted molar refractivity (Wildman–Crippen MR) is 65.7 cm³/mol. The summed E-state index contributed by atoms with van der Waals surface area (Å²) >= 11 is 0. The summed E-state index contributed by atoms with van der Waals surface area (Å²) in [5.74, 6) is -0.500. The van der Waals surface area contributed by atoms with Crippen molar-refractivity contribution < 1.29 is 15.0 Å². The van der Waals surface area contributed by atoms with Crippen molar-refractivity contribution in [1.29, 1.82) is 0 Å². The molecule has 18 heavy (non-hydrogen) atoms. The maximum absolute atomic E-state index is 10.7. The van der Waals surface area contributed by atoms with E-state index < -0.39 is 5.97 Å². The Morgan fingerprint density at radius 1 is 1.33 bits per heavy atom. The lowest BCUT2D eigenvalue weighted by molar-refractivity contribution is 0.0689. The second-order valence-corrected chi connectivity index (χ2v) is 4.60. The van der Waals surface area contributed by atoms with E-state index in [0.717, 1.165) is 25.7 Å². The fourth-order valence-electron chi connectivity index (χ4n) is 2.33. The van der Waals surface area contributed by atoms with Gasteiger partial charge < -0.3 is 15.1 Å². The van der Waals surface area contributed by atoms with Crippen LogP contribution >= 0.6 is 0 Å². The van der Waals surface area contributed by atoms with Gasteiger partial charge in [-0.25, -0.2) is 14.8 Å². The number of likely N-dealkylation sites (N-methyl/N-ethyl adjacent to an activating group) is 1. The first-order chi connectivity index (χ1) is 8.59. The SMILES string of the molecule is CN(c1cnc(C(=O)O)cn1)[C@@H]1CCCC[C@H]1O. The van der Waals surface area contributed by atoms with Crippen molar-refractivity contribution in [3.63, 3.8) is 0 Å². The lowest BCUT2D eigenvalue weighted by Crippen LogP contribution is -2.43. The second kappa shape index (κ2) is 5.30. The van der Waals surface area contributed by atoms with Crippen LogP contribution in [0.1, 0.15) is 36.2 Å². The molecule has 1 aliphatic rings. The summed E-state index contributed by atoms with van der Waals surface area (Å²) in [6.07, 6.45) is 6.18. The van der Waals surface area contributed by atoms with Crippen molar-refractivity contribution in [2.24, 2.45) is 0 Å². The summed E-state index contributed by atoms with van der Waals surface area (Å²) in [5, 5.41) is 18.7. The Bertz CT molecular complexity index is 421. The number of carbonyl (C=O) groups is 1. The van der Waals surface area contributed by atoms with Crippen LogP contribution in [0, 0.1) is 0 Å². The largest absolute Gasteiger partial charge is 0.476 e. The molecule has 2 rings (SSSR count). The van der Waals surface area contributed by atoms with Gasteiger partial charge in [-0.3, -0.25) is 0 Å². The highest BCUT2D eigenvalue weighted by Gasteiger charge is 2.27. The van der Waals surface area contributed by atoms with Crippen LogP contribution in [-0.2, 0) is 0 Å². The molecule has 0 aliphatic heterocycles. The molecule has 1 aliphatic carbocycles. The molecule has 98 valence electrons. The zero-order chi connectivity index (χ0) is 13.1. The normalized spacial score (nSPS) is 23.7. The van der Waals surface area contributed by atoms with Gasteiger partial charge in [0.15, 0.2) is 5.69 Å². The molecule has 2 N–H and O–H groups in total. The van der Waals surface area contributed by atoms with E-state index in [1.165, 1.54) is 12.4 Å². The second-order valence-electron chi connectivity index (χ2n) is 4.60. The molecule has 0 bridgehead atoms. The number of rotatable bonds is 3. The molecule has 1 fully saturated rings. The number of aromatic carboxylic acids is 1. The third-order valence-electron chi connectivity index (χ3n) is 3.41. The van der Waals surface area contributed by atoms with Crippen LogP contribution in [0.2, 0.25) is 0 Å². The van der Waals surface area contributed by atoms with Gasteiger partial charge in [-0.1, -0.05) is 12.8 Å². The first kappa shape index (κ1) is 12.8. The van der Waals surface area contributed by atoms with Gasteiger partial charge in [-0.05, 0) is 12.8 Å². The van der Waals surface area contributed by atoms with Crippen molar-refractivity contribution in [2.75, 3.05) is 11.9 Å². The van der Waals surface area contributed by atoms with Crippen LogP contribution in [0.25, 0.3) is 0 Å². The first-order valence-corrected chi connectivity index (χ1v) is 6.06.